The number of likely N-dealkylation sites (N-methyl/N-ethyl adjacent to an activating group) is 1. The van der Waals surface area contributed by atoms with Gasteiger partial charge in [-0.1, -0.05) is 30.3 Å². The molecule has 0 N–H and O–H groups in total. The van der Waals surface area contributed by atoms with Crippen molar-refractivity contribution >= 4 is 22.2 Å². The standard InChI is InChI=1S/C23H29N2O7S/c1-25(22(27)32-15-18-7-4-3-5-8-18)23(17-33(25,28)29)12-10-20(11-13-23)31-16-19-9-6-14-24(19)21(26)30-2/h3-5,7-8,10-12,19H,6,9,13-17H2,1-2H3/q+1/t19-,23?,25?/m0/s1. The monoisotopic (exact) mass is 477 g/mol. The summed E-state index contributed by atoms with van der Waals surface area (Å²) in [4.78, 5) is 26.5. The van der Waals surface area contributed by atoms with Crippen molar-refractivity contribution in [2.75, 3.05) is 33.1 Å². The molecule has 0 radical (unpaired) electrons. The average molecular weight is 478 g/mol. The average Bonchev–Trinajstić information content (AvgIpc) is 3.30. The van der Waals surface area contributed by atoms with E-state index in [1.165, 1.54) is 14.2 Å². The van der Waals surface area contributed by atoms with Gasteiger partial charge in [0, 0.05) is 13.0 Å². The highest BCUT2D eigenvalue weighted by molar-refractivity contribution is 7.87. The minimum absolute atomic E-state index is 0.00507. The number of benzene rings is 1. The molecule has 1 aromatic carbocycles. The van der Waals surface area contributed by atoms with Crippen molar-refractivity contribution in [3.8, 4) is 0 Å². The molecule has 2 fully saturated rings. The molecular weight excluding hydrogens is 448 g/mol. The number of hydrogen-bond acceptors (Lipinski definition) is 7. The molecular formula is C23H29N2O7S+. The van der Waals surface area contributed by atoms with Gasteiger partial charge in [-0.2, -0.15) is 13.2 Å². The third kappa shape index (κ3) is 4.02. The van der Waals surface area contributed by atoms with Crippen LogP contribution in [0.3, 0.4) is 0 Å². The molecule has 1 aliphatic carbocycles. The lowest BCUT2D eigenvalue weighted by molar-refractivity contribution is -0.780. The molecule has 3 atom stereocenters. The van der Waals surface area contributed by atoms with Crippen molar-refractivity contribution < 1.29 is 36.1 Å². The Kier molecular flexibility index (Phi) is 6.24. The Balaban J connectivity index is 1.40. The first-order valence-corrected chi connectivity index (χ1v) is 12.5. The molecule has 1 spiro atoms. The summed E-state index contributed by atoms with van der Waals surface area (Å²) < 4.78 is 40.7. The molecule has 10 heteroatoms. The minimum atomic E-state index is -3.71. The summed E-state index contributed by atoms with van der Waals surface area (Å²) >= 11 is 0. The minimum Gasteiger partial charge on any atom is -0.492 e. The van der Waals surface area contributed by atoms with Gasteiger partial charge in [0.05, 0.1) is 20.2 Å². The molecule has 3 aliphatic rings. The Morgan fingerprint density at radius 2 is 2.00 bits per heavy atom. The number of amides is 2. The molecule has 2 saturated heterocycles. The lowest BCUT2D eigenvalue weighted by Crippen LogP contribution is -2.79. The Bertz CT molecular complexity index is 1090. The number of rotatable bonds is 5. The van der Waals surface area contributed by atoms with E-state index in [2.05, 4.69) is 0 Å². The Hall–Kier alpha value is -2.85. The molecule has 4 rings (SSSR count). The SMILES string of the molecule is COC(=O)N1CCC[C@H]1COC1=CCC2(C=C1)CS(=O)(=O)[N+]2(C)C(=O)OCc1ccccc1. The van der Waals surface area contributed by atoms with Crippen LogP contribution in [0.25, 0.3) is 0 Å². The molecule has 9 nitrogen and oxygen atoms in total. The first-order valence-electron chi connectivity index (χ1n) is 10.9. The predicted octanol–water partition coefficient (Wildman–Crippen LogP) is 2.94. The molecule has 2 heterocycles. The molecule has 178 valence electrons. The van der Waals surface area contributed by atoms with Gasteiger partial charge < -0.3 is 19.1 Å². The van der Waals surface area contributed by atoms with E-state index in [-0.39, 0.29) is 24.5 Å². The molecule has 0 bridgehead atoms. The number of sulfonamides is 1. The number of hydrogen-bond donors (Lipinski definition) is 0. The van der Waals surface area contributed by atoms with E-state index in [1.54, 1.807) is 23.1 Å². The van der Waals surface area contributed by atoms with Crippen molar-refractivity contribution in [3.63, 3.8) is 0 Å². The molecule has 2 amide bonds. The summed E-state index contributed by atoms with van der Waals surface area (Å²) in [5, 5.41) is 0. The van der Waals surface area contributed by atoms with E-state index < -0.39 is 25.5 Å². The maximum absolute atomic E-state index is 13.0. The second kappa shape index (κ2) is 8.83. The zero-order valence-corrected chi connectivity index (χ0v) is 19.6. The first kappa shape index (κ1) is 23.3. The highest BCUT2D eigenvalue weighted by Gasteiger charge is 2.73. The zero-order chi connectivity index (χ0) is 23.7. The van der Waals surface area contributed by atoms with Crippen molar-refractivity contribution in [2.24, 2.45) is 0 Å². The molecule has 2 unspecified atom stereocenters. The summed E-state index contributed by atoms with van der Waals surface area (Å²) in [5.74, 6) is 0.446. The van der Waals surface area contributed by atoms with Crippen LogP contribution in [0, 0.1) is 0 Å². The number of allylic oxidation sites excluding steroid dienone is 1. The van der Waals surface area contributed by atoms with E-state index in [4.69, 9.17) is 14.2 Å². The van der Waals surface area contributed by atoms with Crippen LogP contribution in [0.5, 0.6) is 0 Å². The van der Waals surface area contributed by atoms with Crippen molar-refractivity contribution in [2.45, 2.75) is 37.5 Å². The highest BCUT2D eigenvalue weighted by atomic mass is 32.2. The number of carbonyl (C=O) groups excluding carboxylic acids is 2. The highest BCUT2D eigenvalue weighted by Crippen LogP contribution is 2.47. The number of ether oxygens (including phenoxy) is 3. The number of methoxy groups -OCH3 is 1. The fourth-order valence-electron chi connectivity index (χ4n) is 4.65. The van der Waals surface area contributed by atoms with Gasteiger partial charge in [0.15, 0.2) is 11.3 Å². The summed E-state index contributed by atoms with van der Waals surface area (Å²) in [6, 6.07) is 9.06. The van der Waals surface area contributed by atoms with Crippen LogP contribution in [0.1, 0.15) is 24.8 Å². The van der Waals surface area contributed by atoms with Crippen LogP contribution in [0.2, 0.25) is 0 Å². The van der Waals surface area contributed by atoms with Crippen LogP contribution in [0.4, 0.5) is 9.59 Å². The fraction of sp³-hybridized carbons (Fsp3) is 0.478. The van der Waals surface area contributed by atoms with Crippen molar-refractivity contribution in [1.29, 1.82) is 0 Å². The first-order chi connectivity index (χ1) is 15.7. The Labute approximate surface area is 193 Å². The van der Waals surface area contributed by atoms with Gasteiger partial charge in [-0.05, 0) is 36.6 Å². The fourth-order valence-corrected chi connectivity index (χ4v) is 6.84. The number of quaternary nitrogens is 1. The second-order valence-electron chi connectivity index (χ2n) is 8.71. The normalized spacial score (nSPS) is 29.8. The zero-order valence-electron chi connectivity index (χ0n) is 18.8. The van der Waals surface area contributed by atoms with E-state index >= 15 is 0 Å². The van der Waals surface area contributed by atoms with Crippen LogP contribution >= 0.6 is 0 Å². The maximum atomic E-state index is 13.0. The summed E-state index contributed by atoms with van der Waals surface area (Å²) in [5.41, 5.74) is -0.141. The van der Waals surface area contributed by atoms with Gasteiger partial charge >= 0.3 is 22.2 Å². The number of carbonyl (C=O) groups is 2. The van der Waals surface area contributed by atoms with Gasteiger partial charge in [0.2, 0.25) is 0 Å². The van der Waals surface area contributed by atoms with Crippen LogP contribution in [-0.4, -0.2) is 74.0 Å². The van der Waals surface area contributed by atoms with Crippen molar-refractivity contribution in [3.05, 3.63) is 59.9 Å². The molecule has 33 heavy (non-hydrogen) atoms. The van der Waals surface area contributed by atoms with Crippen molar-refractivity contribution in [1.82, 2.24) is 4.90 Å². The smallest absolute Gasteiger partial charge is 0.492 e. The summed E-state index contributed by atoms with van der Waals surface area (Å²) in [7, 11) is -0.962. The summed E-state index contributed by atoms with van der Waals surface area (Å²) in [6.45, 7) is 0.963. The lowest BCUT2D eigenvalue weighted by atomic mass is 9.90. The third-order valence-electron chi connectivity index (χ3n) is 6.84. The van der Waals surface area contributed by atoms with Gasteiger partial charge in [-0.15, -0.1) is 3.89 Å². The van der Waals surface area contributed by atoms with E-state index in [0.717, 1.165) is 18.4 Å². The van der Waals surface area contributed by atoms with E-state index in [9.17, 15) is 18.0 Å². The quantitative estimate of drug-likeness (QED) is 0.601. The van der Waals surface area contributed by atoms with Crippen LogP contribution in [0.15, 0.2) is 54.3 Å². The van der Waals surface area contributed by atoms with Gasteiger partial charge in [-0.25, -0.2) is 4.79 Å². The van der Waals surface area contributed by atoms with Gasteiger partial charge in [-0.3, -0.25) is 0 Å². The van der Waals surface area contributed by atoms with E-state index in [1.807, 2.05) is 30.3 Å². The lowest BCUT2D eigenvalue weighted by Gasteiger charge is -2.52. The molecule has 2 aliphatic heterocycles. The maximum Gasteiger partial charge on any atom is 0.532 e. The van der Waals surface area contributed by atoms with Crippen LogP contribution in [-0.2, 0) is 30.8 Å². The second-order valence-corrected chi connectivity index (χ2v) is 10.9. The third-order valence-corrected chi connectivity index (χ3v) is 9.33. The summed E-state index contributed by atoms with van der Waals surface area (Å²) in [6.07, 6.45) is 6.11. The Morgan fingerprint density at radius 1 is 1.24 bits per heavy atom. The van der Waals surface area contributed by atoms with E-state index in [0.29, 0.717) is 25.3 Å². The number of nitrogens with zero attached hydrogens (tertiary/aromatic N) is 2. The van der Waals surface area contributed by atoms with Crippen LogP contribution < -0.4 is 0 Å². The molecule has 0 saturated carbocycles. The molecule has 1 aromatic rings. The predicted molar refractivity (Wildman–Crippen MR) is 119 cm³/mol. The van der Waals surface area contributed by atoms with Gasteiger partial charge in [0.1, 0.15) is 19.0 Å². The largest absolute Gasteiger partial charge is 0.532 e. The molecule has 0 aromatic heterocycles. The Morgan fingerprint density at radius 3 is 2.64 bits per heavy atom. The number of likely N-dealkylation sites (tertiary alicyclic amines) is 1. The van der Waals surface area contributed by atoms with Gasteiger partial charge in [0.25, 0.3) is 0 Å². The topological polar surface area (TPSA) is 99.2 Å².